The van der Waals surface area contributed by atoms with E-state index in [1.165, 1.54) is 28.2 Å². The van der Waals surface area contributed by atoms with Gasteiger partial charge >= 0.3 is 0 Å². The summed E-state index contributed by atoms with van der Waals surface area (Å²) in [5.74, 6) is 1.20. The van der Waals surface area contributed by atoms with Crippen molar-refractivity contribution in [3.8, 4) is 11.5 Å². The first-order valence-electron chi connectivity index (χ1n) is 10.7. The highest BCUT2D eigenvalue weighted by atomic mass is 32.2. The summed E-state index contributed by atoms with van der Waals surface area (Å²) in [6.45, 7) is 4.05. The molecule has 174 valence electrons. The fourth-order valence-corrected chi connectivity index (χ4v) is 6.13. The maximum absolute atomic E-state index is 13.1. The molecule has 2 aliphatic heterocycles. The van der Waals surface area contributed by atoms with Gasteiger partial charge in [0, 0.05) is 32.2 Å². The van der Waals surface area contributed by atoms with E-state index in [-0.39, 0.29) is 29.6 Å². The van der Waals surface area contributed by atoms with Gasteiger partial charge in [0.1, 0.15) is 13.2 Å². The molecule has 1 amide bonds. The lowest BCUT2D eigenvalue weighted by Gasteiger charge is -2.34. The Kier molecular flexibility index (Phi) is 5.94. The van der Waals surface area contributed by atoms with Gasteiger partial charge in [-0.25, -0.2) is 13.4 Å². The number of aromatic nitrogens is 2. The van der Waals surface area contributed by atoms with E-state index < -0.39 is 10.0 Å². The fraction of sp³-hybridized carbons (Fsp3) is 0.364. The van der Waals surface area contributed by atoms with Crippen LogP contribution in [0.25, 0.3) is 11.0 Å². The lowest BCUT2D eigenvalue weighted by atomic mass is 10.2. The minimum atomic E-state index is -3.68. The summed E-state index contributed by atoms with van der Waals surface area (Å²) in [5.41, 5.74) is 2.96. The molecule has 11 heteroatoms. The average molecular weight is 489 g/mol. The van der Waals surface area contributed by atoms with Gasteiger partial charge < -0.3 is 19.4 Å². The van der Waals surface area contributed by atoms with E-state index in [1.807, 2.05) is 25.1 Å². The number of nitrogens with zero attached hydrogens (tertiary/aromatic N) is 3. The summed E-state index contributed by atoms with van der Waals surface area (Å²) in [4.78, 5) is 22.3. The average Bonchev–Trinajstić information content (AvgIpc) is 3.24. The molecule has 0 atom stereocenters. The standard InChI is InChI=1S/C22H24N4O5S2/c1-15-2-4-17-18(12-15)24-22(23-17)32-14-21(27)25-6-8-26(9-7-25)33(28,29)16-3-5-19-20(13-16)31-11-10-30-19/h2-5,12-13H,6-11,14H2,1H3,(H,23,24). The third-order valence-electron chi connectivity index (χ3n) is 5.69. The molecule has 0 spiro atoms. The number of carbonyl (C=O) groups is 1. The maximum atomic E-state index is 13.1. The van der Waals surface area contributed by atoms with Crippen LogP contribution in [-0.2, 0) is 14.8 Å². The molecule has 1 aromatic heterocycles. The zero-order valence-electron chi connectivity index (χ0n) is 18.1. The summed E-state index contributed by atoms with van der Waals surface area (Å²) in [5, 5.41) is 0.698. The lowest BCUT2D eigenvalue weighted by molar-refractivity contribution is -0.129. The molecule has 3 heterocycles. The monoisotopic (exact) mass is 488 g/mol. The molecular formula is C22H24N4O5S2. The van der Waals surface area contributed by atoms with E-state index in [4.69, 9.17) is 9.47 Å². The molecule has 2 aliphatic rings. The minimum absolute atomic E-state index is 0.0342. The number of nitrogens with one attached hydrogen (secondary N) is 1. The van der Waals surface area contributed by atoms with Crippen molar-refractivity contribution in [3.63, 3.8) is 0 Å². The molecule has 0 saturated carbocycles. The smallest absolute Gasteiger partial charge is 0.243 e. The first kappa shape index (κ1) is 22.1. The van der Waals surface area contributed by atoms with Crippen molar-refractivity contribution in [3.05, 3.63) is 42.0 Å². The molecule has 9 nitrogen and oxygen atoms in total. The van der Waals surface area contributed by atoms with E-state index in [1.54, 1.807) is 11.0 Å². The van der Waals surface area contributed by atoms with Crippen LogP contribution in [0.1, 0.15) is 5.56 Å². The molecule has 0 unspecified atom stereocenters. The highest BCUT2D eigenvalue weighted by Gasteiger charge is 2.31. The largest absolute Gasteiger partial charge is 0.486 e. The second-order valence-electron chi connectivity index (χ2n) is 7.94. The van der Waals surface area contributed by atoms with E-state index in [0.29, 0.717) is 43.0 Å². The normalized spacial score (nSPS) is 16.8. The van der Waals surface area contributed by atoms with E-state index >= 15 is 0 Å². The first-order chi connectivity index (χ1) is 15.9. The molecule has 1 fully saturated rings. The number of benzene rings is 2. The summed E-state index contributed by atoms with van der Waals surface area (Å²) >= 11 is 1.35. The van der Waals surface area contributed by atoms with Gasteiger partial charge in [-0.2, -0.15) is 4.31 Å². The molecule has 2 aromatic carbocycles. The molecule has 1 N–H and O–H groups in total. The fourth-order valence-electron chi connectivity index (χ4n) is 3.90. The van der Waals surface area contributed by atoms with Gasteiger partial charge in [0.2, 0.25) is 15.9 Å². The van der Waals surface area contributed by atoms with Gasteiger partial charge in [0.25, 0.3) is 0 Å². The van der Waals surface area contributed by atoms with Crippen molar-refractivity contribution in [1.29, 1.82) is 0 Å². The summed E-state index contributed by atoms with van der Waals surface area (Å²) < 4.78 is 38.6. The van der Waals surface area contributed by atoms with Gasteiger partial charge in [0.15, 0.2) is 16.7 Å². The van der Waals surface area contributed by atoms with Crippen LogP contribution in [0.2, 0.25) is 0 Å². The number of hydrogen-bond acceptors (Lipinski definition) is 7. The van der Waals surface area contributed by atoms with Crippen molar-refractivity contribution in [1.82, 2.24) is 19.2 Å². The number of piperazine rings is 1. The molecule has 5 rings (SSSR count). The molecule has 3 aromatic rings. The van der Waals surface area contributed by atoms with Crippen LogP contribution in [0, 0.1) is 6.92 Å². The van der Waals surface area contributed by atoms with Crippen LogP contribution in [0.5, 0.6) is 11.5 Å². The van der Waals surface area contributed by atoms with Crippen molar-refractivity contribution in [2.24, 2.45) is 0 Å². The highest BCUT2D eigenvalue weighted by molar-refractivity contribution is 7.99. The Morgan fingerprint density at radius 2 is 1.82 bits per heavy atom. The number of carbonyl (C=O) groups excluding carboxylic acids is 1. The number of amides is 1. The van der Waals surface area contributed by atoms with Crippen LogP contribution in [-0.4, -0.2) is 78.6 Å². The molecule has 0 radical (unpaired) electrons. The number of ether oxygens (including phenoxy) is 2. The van der Waals surface area contributed by atoms with E-state index in [2.05, 4.69) is 9.97 Å². The third-order valence-corrected chi connectivity index (χ3v) is 8.44. The van der Waals surface area contributed by atoms with Gasteiger partial charge in [-0.15, -0.1) is 0 Å². The topological polar surface area (TPSA) is 105 Å². The molecule has 1 saturated heterocycles. The second kappa shape index (κ2) is 8.88. The minimum Gasteiger partial charge on any atom is -0.486 e. The number of imidazole rings is 1. The number of aryl methyl sites for hydroxylation is 1. The van der Waals surface area contributed by atoms with Crippen molar-refractivity contribution >= 4 is 38.7 Å². The molecular weight excluding hydrogens is 464 g/mol. The number of rotatable bonds is 5. The number of thioether (sulfide) groups is 1. The van der Waals surface area contributed by atoms with E-state index in [0.717, 1.165) is 16.6 Å². The maximum Gasteiger partial charge on any atom is 0.243 e. The van der Waals surface area contributed by atoms with Gasteiger partial charge in [-0.1, -0.05) is 17.8 Å². The Labute approximate surface area is 196 Å². The Balaban J connectivity index is 1.18. The Morgan fingerprint density at radius 1 is 1.06 bits per heavy atom. The van der Waals surface area contributed by atoms with Crippen molar-refractivity contribution in [2.45, 2.75) is 17.0 Å². The van der Waals surface area contributed by atoms with Crippen LogP contribution in [0.4, 0.5) is 0 Å². The van der Waals surface area contributed by atoms with Crippen molar-refractivity contribution < 1.29 is 22.7 Å². The zero-order valence-corrected chi connectivity index (χ0v) is 19.7. The van der Waals surface area contributed by atoms with E-state index in [9.17, 15) is 13.2 Å². The number of sulfonamides is 1. The number of fused-ring (bicyclic) bond motifs is 2. The highest BCUT2D eigenvalue weighted by Crippen LogP contribution is 2.33. The summed E-state index contributed by atoms with van der Waals surface area (Å²) in [6.07, 6.45) is 0. The van der Waals surface area contributed by atoms with Crippen LogP contribution < -0.4 is 9.47 Å². The second-order valence-corrected chi connectivity index (χ2v) is 10.8. The summed E-state index contributed by atoms with van der Waals surface area (Å²) in [6, 6.07) is 10.6. The number of hydrogen-bond donors (Lipinski definition) is 1. The Hall–Kier alpha value is -2.76. The predicted octanol–water partition coefficient (Wildman–Crippen LogP) is 2.27. The molecule has 0 bridgehead atoms. The van der Waals surface area contributed by atoms with Gasteiger partial charge in [-0.3, -0.25) is 4.79 Å². The number of H-pyrrole nitrogens is 1. The Bertz CT molecular complexity index is 1300. The van der Waals surface area contributed by atoms with Crippen LogP contribution in [0.3, 0.4) is 0 Å². The zero-order chi connectivity index (χ0) is 23.0. The van der Waals surface area contributed by atoms with Gasteiger partial charge in [0.05, 0.1) is 21.7 Å². The molecule has 0 aliphatic carbocycles. The SMILES string of the molecule is Cc1ccc2nc(SCC(=O)N3CCN(S(=O)(=O)c4ccc5c(c4)OCCO5)CC3)[nH]c2c1. The summed E-state index contributed by atoms with van der Waals surface area (Å²) in [7, 11) is -3.68. The quantitative estimate of drug-likeness (QED) is 0.550. The van der Waals surface area contributed by atoms with Crippen LogP contribution in [0.15, 0.2) is 46.5 Å². The van der Waals surface area contributed by atoms with Gasteiger partial charge in [-0.05, 0) is 36.8 Å². The third kappa shape index (κ3) is 4.53. The lowest BCUT2D eigenvalue weighted by Crippen LogP contribution is -2.50. The predicted molar refractivity (Wildman–Crippen MR) is 124 cm³/mol. The van der Waals surface area contributed by atoms with Crippen molar-refractivity contribution in [2.75, 3.05) is 45.1 Å². The molecule has 33 heavy (non-hydrogen) atoms. The number of aromatic amines is 1. The Morgan fingerprint density at radius 3 is 2.61 bits per heavy atom. The first-order valence-corrected chi connectivity index (χ1v) is 13.1. The van der Waals surface area contributed by atoms with Crippen LogP contribution >= 0.6 is 11.8 Å².